The number of hydrogen-bond acceptors (Lipinski definition) is 5. The zero-order valence-electron chi connectivity index (χ0n) is 22.0. The molecule has 6 rings (SSSR count). The van der Waals surface area contributed by atoms with E-state index in [1.165, 1.54) is 31.2 Å². The molecule has 9 nitrogen and oxygen atoms in total. The van der Waals surface area contributed by atoms with Crippen LogP contribution in [0.15, 0.2) is 77.9 Å². The lowest BCUT2D eigenvalue weighted by atomic mass is 10.2. The van der Waals surface area contributed by atoms with Crippen molar-refractivity contribution in [3.63, 3.8) is 0 Å². The summed E-state index contributed by atoms with van der Waals surface area (Å²) in [5, 5.41) is 5.13. The minimum Gasteiger partial charge on any atom is -0.456 e. The van der Waals surface area contributed by atoms with E-state index in [9.17, 15) is 27.6 Å². The summed E-state index contributed by atoms with van der Waals surface area (Å²) < 4.78 is 51.1. The van der Waals surface area contributed by atoms with Gasteiger partial charge in [0.1, 0.15) is 40.2 Å². The molecule has 1 fully saturated rings. The highest BCUT2D eigenvalue weighted by Crippen LogP contribution is 2.30. The molecule has 0 bridgehead atoms. The normalized spacial score (nSPS) is 12.8. The van der Waals surface area contributed by atoms with E-state index < -0.39 is 28.9 Å². The summed E-state index contributed by atoms with van der Waals surface area (Å²) in [5.41, 5.74) is -0.783. The number of anilines is 2. The Morgan fingerprint density at radius 3 is 2.43 bits per heavy atom. The summed E-state index contributed by atoms with van der Waals surface area (Å²) in [7, 11) is 0. The monoisotopic (exact) mass is 573 g/mol. The van der Waals surface area contributed by atoms with Crippen LogP contribution in [0.5, 0.6) is 11.5 Å². The van der Waals surface area contributed by atoms with Gasteiger partial charge in [0.15, 0.2) is 5.82 Å². The third-order valence-electron chi connectivity index (χ3n) is 6.72. The Morgan fingerprint density at radius 2 is 1.69 bits per heavy atom. The first-order valence-electron chi connectivity index (χ1n) is 12.9. The first-order valence-corrected chi connectivity index (χ1v) is 12.9. The van der Waals surface area contributed by atoms with Gasteiger partial charge in [-0.1, -0.05) is 0 Å². The van der Waals surface area contributed by atoms with Crippen LogP contribution < -0.4 is 20.9 Å². The first kappa shape index (κ1) is 26.8. The summed E-state index contributed by atoms with van der Waals surface area (Å²) in [6.45, 7) is 1.53. The van der Waals surface area contributed by atoms with Gasteiger partial charge in [-0.2, -0.15) is 0 Å². The molecule has 0 atom stereocenters. The molecule has 2 aromatic carbocycles. The Bertz CT molecular complexity index is 1950. The zero-order chi connectivity index (χ0) is 29.5. The van der Waals surface area contributed by atoms with E-state index >= 15 is 0 Å². The lowest BCUT2D eigenvalue weighted by Crippen LogP contribution is -2.30. The van der Waals surface area contributed by atoms with Crippen molar-refractivity contribution in [1.82, 2.24) is 14.0 Å². The molecule has 0 radical (unpaired) electrons. The highest BCUT2D eigenvalue weighted by atomic mass is 19.1. The molecule has 2 amide bonds. The molecule has 1 aliphatic carbocycles. The van der Waals surface area contributed by atoms with Crippen molar-refractivity contribution < 1.29 is 27.5 Å². The van der Waals surface area contributed by atoms with Crippen LogP contribution in [-0.2, 0) is 4.79 Å². The molecule has 3 aromatic heterocycles. The van der Waals surface area contributed by atoms with E-state index in [1.54, 1.807) is 28.9 Å². The number of carbonyl (C=O) groups excluding carboxylic acids is 2. The van der Waals surface area contributed by atoms with Gasteiger partial charge >= 0.3 is 0 Å². The second-order valence-corrected chi connectivity index (χ2v) is 9.84. The maximum Gasteiger partial charge on any atom is 0.268 e. The van der Waals surface area contributed by atoms with E-state index in [0.717, 1.165) is 35.6 Å². The number of aryl methyl sites for hydroxylation is 1. The quantitative estimate of drug-likeness (QED) is 0.264. The molecule has 2 N–H and O–H groups in total. The summed E-state index contributed by atoms with van der Waals surface area (Å²) in [5.74, 6) is -2.65. The van der Waals surface area contributed by atoms with Crippen molar-refractivity contribution >= 4 is 29.0 Å². The van der Waals surface area contributed by atoms with Crippen LogP contribution in [-0.4, -0.2) is 25.8 Å². The minimum absolute atomic E-state index is 0.0398. The van der Waals surface area contributed by atoms with Gasteiger partial charge in [0, 0.05) is 23.7 Å². The molecule has 1 aliphatic rings. The van der Waals surface area contributed by atoms with Gasteiger partial charge in [-0.3, -0.25) is 19.0 Å². The van der Waals surface area contributed by atoms with Crippen LogP contribution in [0.25, 0.3) is 11.3 Å². The van der Waals surface area contributed by atoms with Gasteiger partial charge in [0.25, 0.3) is 11.5 Å². The number of nitrogens with one attached hydrogen (secondary N) is 2. The molecule has 42 heavy (non-hydrogen) atoms. The summed E-state index contributed by atoms with van der Waals surface area (Å²) in [6.07, 6.45) is 5.02. The highest BCUT2D eigenvalue weighted by Gasteiger charge is 2.30. The molecule has 0 unspecified atom stereocenters. The number of halogens is 3. The molecule has 0 spiro atoms. The first-order chi connectivity index (χ1) is 20.2. The standard InChI is InChI=1S/C30H22F3N5O4/c1-16-2-8-21(30(41)38(16)25-10-5-18(31)12-23(25)33)29(40)34-24-9-6-19(13-22(24)32)42-20-7-11-27-35-26(15-37(27)14-20)36-28(39)17-3-4-17/h2,5-15,17H,3-4H2,1H3,(H,34,40)(H,36,39). The largest absolute Gasteiger partial charge is 0.456 e. The number of carbonyl (C=O) groups is 2. The fraction of sp³-hybridized carbons (Fsp3) is 0.133. The molecular weight excluding hydrogens is 551 g/mol. The van der Waals surface area contributed by atoms with E-state index in [1.807, 2.05) is 0 Å². The Hall–Kier alpha value is -5.39. The molecule has 12 heteroatoms. The predicted octanol–water partition coefficient (Wildman–Crippen LogP) is 5.60. The van der Waals surface area contributed by atoms with Gasteiger partial charge in [-0.25, -0.2) is 18.2 Å². The smallest absolute Gasteiger partial charge is 0.268 e. The third kappa shape index (κ3) is 5.33. The van der Waals surface area contributed by atoms with Crippen LogP contribution in [0, 0.1) is 30.3 Å². The number of nitrogens with zero attached hydrogens (tertiary/aromatic N) is 3. The molecule has 0 aliphatic heterocycles. The molecule has 212 valence electrons. The Balaban J connectivity index is 1.18. The van der Waals surface area contributed by atoms with Gasteiger partial charge in [0.05, 0.1) is 23.8 Å². The van der Waals surface area contributed by atoms with Crippen molar-refractivity contribution in [3.8, 4) is 17.2 Å². The summed E-state index contributed by atoms with van der Waals surface area (Å²) >= 11 is 0. The predicted molar refractivity (Wildman–Crippen MR) is 148 cm³/mol. The Kier molecular flexibility index (Phi) is 6.73. The molecular formula is C30H22F3N5O4. The van der Waals surface area contributed by atoms with Crippen molar-refractivity contribution in [1.29, 1.82) is 0 Å². The maximum atomic E-state index is 15.0. The zero-order valence-corrected chi connectivity index (χ0v) is 22.0. The summed E-state index contributed by atoms with van der Waals surface area (Å²) in [4.78, 5) is 42.4. The number of aromatic nitrogens is 3. The SMILES string of the molecule is Cc1ccc(C(=O)Nc2ccc(Oc3ccc4nc(NC(=O)C5CC5)cn4c3)cc2F)c(=O)n1-c1ccc(F)cc1F. The molecule has 5 aromatic rings. The van der Waals surface area contributed by atoms with Gasteiger partial charge < -0.3 is 19.8 Å². The maximum absolute atomic E-state index is 15.0. The molecule has 1 saturated carbocycles. The van der Waals surface area contributed by atoms with Crippen molar-refractivity contribution in [2.45, 2.75) is 19.8 Å². The fourth-order valence-corrected chi connectivity index (χ4v) is 4.42. The number of rotatable bonds is 7. The second-order valence-electron chi connectivity index (χ2n) is 9.84. The van der Waals surface area contributed by atoms with E-state index in [4.69, 9.17) is 4.74 Å². The van der Waals surface area contributed by atoms with Crippen LogP contribution in [0.4, 0.5) is 24.7 Å². The number of hydrogen-bond donors (Lipinski definition) is 2. The average molecular weight is 574 g/mol. The lowest BCUT2D eigenvalue weighted by Gasteiger charge is -2.13. The highest BCUT2D eigenvalue weighted by molar-refractivity contribution is 6.04. The Labute approximate surface area is 236 Å². The topological polar surface area (TPSA) is 107 Å². The molecule has 3 heterocycles. The van der Waals surface area contributed by atoms with E-state index in [0.29, 0.717) is 29.0 Å². The van der Waals surface area contributed by atoms with E-state index in [-0.39, 0.29) is 34.5 Å². The van der Waals surface area contributed by atoms with Crippen LogP contribution in [0.2, 0.25) is 0 Å². The third-order valence-corrected chi connectivity index (χ3v) is 6.72. The molecule has 0 saturated heterocycles. The van der Waals surface area contributed by atoms with Crippen molar-refractivity contribution in [2.24, 2.45) is 5.92 Å². The van der Waals surface area contributed by atoms with E-state index in [2.05, 4.69) is 15.6 Å². The van der Waals surface area contributed by atoms with Crippen molar-refractivity contribution in [3.05, 3.63) is 112 Å². The number of benzene rings is 2. The number of fused-ring (bicyclic) bond motifs is 1. The van der Waals surface area contributed by atoms with Crippen LogP contribution >= 0.6 is 0 Å². The second kappa shape index (κ2) is 10.5. The van der Waals surface area contributed by atoms with Crippen LogP contribution in [0.3, 0.4) is 0 Å². The summed E-state index contributed by atoms with van der Waals surface area (Å²) in [6, 6.07) is 12.5. The van der Waals surface area contributed by atoms with Crippen LogP contribution in [0.1, 0.15) is 28.9 Å². The number of imidazole rings is 1. The lowest BCUT2D eigenvalue weighted by molar-refractivity contribution is -0.117. The number of ether oxygens (including phenoxy) is 1. The van der Waals surface area contributed by atoms with Gasteiger partial charge in [-0.15, -0.1) is 0 Å². The fourth-order valence-electron chi connectivity index (χ4n) is 4.42. The van der Waals surface area contributed by atoms with Gasteiger partial charge in [0.2, 0.25) is 5.91 Å². The minimum atomic E-state index is -0.979. The van der Waals surface area contributed by atoms with Gasteiger partial charge in [-0.05, 0) is 68.3 Å². The Morgan fingerprint density at radius 1 is 0.905 bits per heavy atom. The average Bonchev–Trinajstić information content (AvgIpc) is 3.72. The number of pyridine rings is 2. The number of amides is 2. The van der Waals surface area contributed by atoms with Crippen molar-refractivity contribution in [2.75, 3.05) is 10.6 Å².